The van der Waals surface area contributed by atoms with Crippen molar-refractivity contribution in [3.63, 3.8) is 0 Å². The normalized spacial score (nSPS) is 27.7. The lowest BCUT2D eigenvalue weighted by Gasteiger charge is -2.18. The molecule has 1 N–H and O–H groups in total. The molecule has 1 aliphatic heterocycles. The average molecular weight is 252 g/mol. The molecule has 0 aromatic heterocycles. The minimum absolute atomic E-state index is 0.180. The van der Waals surface area contributed by atoms with Crippen LogP contribution < -0.4 is 0 Å². The molecule has 0 aromatic carbocycles. The third-order valence-electron chi connectivity index (χ3n) is 2.69. The van der Waals surface area contributed by atoms with E-state index < -0.39 is 18.0 Å². The van der Waals surface area contributed by atoms with Gasteiger partial charge in [0.25, 0.3) is 0 Å². The third kappa shape index (κ3) is 4.45. The second-order valence-electron chi connectivity index (χ2n) is 5.53. The van der Waals surface area contributed by atoms with Gasteiger partial charge in [-0.25, -0.2) is 0 Å². The Hall–Kier alpha value is -0.820. The van der Waals surface area contributed by atoms with Crippen LogP contribution >= 0.6 is 0 Å². The molecular formula is C15H24O3. The van der Waals surface area contributed by atoms with Gasteiger partial charge >= 0.3 is 0 Å². The smallest absolute Gasteiger partial charge is 0.163 e. The Kier molecular flexibility index (Phi) is 5.40. The first-order valence-corrected chi connectivity index (χ1v) is 6.48. The Labute approximate surface area is 110 Å². The minimum Gasteiger partial charge on any atom is -0.378 e. The van der Waals surface area contributed by atoms with Crippen molar-refractivity contribution in [3.8, 4) is 11.8 Å². The highest BCUT2D eigenvalue weighted by Crippen LogP contribution is 2.31. The second-order valence-corrected chi connectivity index (χ2v) is 5.53. The van der Waals surface area contributed by atoms with E-state index in [0.717, 1.165) is 6.42 Å². The molecule has 0 aliphatic carbocycles. The van der Waals surface area contributed by atoms with Crippen LogP contribution in [0.5, 0.6) is 0 Å². The van der Waals surface area contributed by atoms with Gasteiger partial charge in [0.2, 0.25) is 0 Å². The molecule has 0 spiro atoms. The number of rotatable bonds is 4. The van der Waals surface area contributed by atoms with E-state index in [-0.39, 0.29) is 6.10 Å². The highest BCUT2D eigenvalue weighted by Gasteiger charge is 2.43. The van der Waals surface area contributed by atoms with Crippen molar-refractivity contribution in [3.05, 3.63) is 12.7 Å². The van der Waals surface area contributed by atoms with Crippen LogP contribution in [0.2, 0.25) is 0 Å². The van der Waals surface area contributed by atoms with Gasteiger partial charge in [-0.2, -0.15) is 0 Å². The van der Waals surface area contributed by atoms with Gasteiger partial charge in [0.05, 0.1) is 6.10 Å². The van der Waals surface area contributed by atoms with Crippen LogP contribution in [0.25, 0.3) is 0 Å². The molecule has 3 atom stereocenters. The molecule has 0 aromatic rings. The fraction of sp³-hybridized carbons (Fsp3) is 0.733. The number of hydrogen-bond donors (Lipinski definition) is 1. The predicted molar refractivity (Wildman–Crippen MR) is 71.9 cm³/mol. The van der Waals surface area contributed by atoms with Crippen LogP contribution in [0.3, 0.4) is 0 Å². The van der Waals surface area contributed by atoms with Crippen molar-refractivity contribution in [1.29, 1.82) is 0 Å². The summed E-state index contributed by atoms with van der Waals surface area (Å²) in [7, 11) is 0. The molecule has 3 nitrogen and oxygen atoms in total. The summed E-state index contributed by atoms with van der Waals surface area (Å²) in [6.45, 7) is 11.6. The first-order valence-electron chi connectivity index (χ1n) is 6.48. The van der Waals surface area contributed by atoms with E-state index in [1.54, 1.807) is 6.08 Å². The molecule has 0 amide bonds. The molecule has 0 radical (unpaired) electrons. The summed E-state index contributed by atoms with van der Waals surface area (Å²) in [6, 6.07) is 0. The van der Waals surface area contributed by atoms with Crippen molar-refractivity contribution in [2.24, 2.45) is 5.92 Å². The summed E-state index contributed by atoms with van der Waals surface area (Å²) in [4.78, 5) is 0. The van der Waals surface area contributed by atoms with Gasteiger partial charge in [0.15, 0.2) is 5.79 Å². The van der Waals surface area contributed by atoms with E-state index in [9.17, 15) is 5.11 Å². The SMILES string of the molecule is C=CC[C@@H]1OC(C)(C)O[C@@H]1C(O)C#CCC(C)C. The Morgan fingerprint density at radius 1 is 1.39 bits per heavy atom. The standard InChI is InChI=1S/C15H24O3/c1-6-8-13-14(18-15(4,5)17-13)12(16)10-7-9-11(2)3/h6,11-14,16H,1,8-9H2,2-5H3/t12?,13-,14+/m0/s1. The Balaban J connectivity index is 2.66. The van der Waals surface area contributed by atoms with E-state index in [1.165, 1.54) is 0 Å². The van der Waals surface area contributed by atoms with Crippen LogP contribution in [-0.4, -0.2) is 29.2 Å². The first-order chi connectivity index (χ1) is 8.35. The Bertz CT molecular complexity index is 335. The van der Waals surface area contributed by atoms with Crippen molar-refractivity contribution in [2.75, 3.05) is 0 Å². The topological polar surface area (TPSA) is 38.7 Å². The minimum atomic E-state index is -0.810. The number of hydrogen-bond acceptors (Lipinski definition) is 3. The highest BCUT2D eigenvalue weighted by molar-refractivity contribution is 5.10. The average Bonchev–Trinajstić information content (AvgIpc) is 2.54. The maximum atomic E-state index is 10.1. The van der Waals surface area contributed by atoms with Gasteiger partial charge in [-0.1, -0.05) is 25.8 Å². The van der Waals surface area contributed by atoms with E-state index >= 15 is 0 Å². The van der Waals surface area contributed by atoms with Gasteiger partial charge in [-0.3, -0.25) is 0 Å². The summed E-state index contributed by atoms with van der Waals surface area (Å²) in [5.74, 6) is 5.68. The van der Waals surface area contributed by atoms with Crippen molar-refractivity contribution in [2.45, 2.75) is 64.6 Å². The zero-order chi connectivity index (χ0) is 13.8. The summed E-state index contributed by atoms with van der Waals surface area (Å²) >= 11 is 0. The van der Waals surface area contributed by atoms with Crippen molar-refractivity contribution in [1.82, 2.24) is 0 Å². The molecule has 1 rings (SSSR count). The first kappa shape index (κ1) is 15.2. The molecule has 102 valence electrons. The molecule has 1 unspecified atom stereocenters. The van der Waals surface area contributed by atoms with Crippen LogP contribution in [-0.2, 0) is 9.47 Å². The molecule has 1 fully saturated rings. The van der Waals surface area contributed by atoms with Gasteiger partial charge in [-0.15, -0.1) is 12.5 Å². The molecule has 1 saturated heterocycles. The Morgan fingerprint density at radius 3 is 2.61 bits per heavy atom. The summed E-state index contributed by atoms with van der Waals surface area (Å²) in [6.07, 6.45) is 1.81. The monoisotopic (exact) mass is 252 g/mol. The van der Waals surface area contributed by atoms with Crippen LogP contribution in [0, 0.1) is 17.8 Å². The van der Waals surface area contributed by atoms with E-state index in [1.807, 2.05) is 13.8 Å². The fourth-order valence-corrected chi connectivity index (χ4v) is 1.93. The lowest BCUT2D eigenvalue weighted by molar-refractivity contribution is -0.151. The number of aliphatic hydroxyl groups excluding tert-OH is 1. The molecule has 1 aliphatic rings. The summed E-state index contributed by atoms with van der Waals surface area (Å²) < 4.78 is 11.4. The maximum Gasteiger partial charge on any atom is 0.163 e. The predicted octanol–water partition coefficient (Wildman–Crippen LogP) is 2.49. The van der Waals surface area contributed by atoms with Crippen LogP contribution in [0.1, 0.15) is 40.5 Å². The van der Waals surface area contributed by atoms with Crippen LogP contribution in [0.15, 0.2) is 12.7 Å². The maximum absolute atomic E-state index is 10.1. The number of aliphatic hydroxyl groups is 1. The zero-order valence-corrected chi connectivity index (χ0v) is 11.8. The quantitative estimate of drug-likeness (QED) is 0.617. The molecule has 3 heteroatoms. The molecule has 0 bridgehead atoms. The zero-order valence-electron chi connectivity index (χ0n) is 11.8. The van der Waals surface area contributed by atoms with Crippen LogP contribution in [0.4, 0.5) is 0 Å². The summed E-state index contributed by atoms with van der Waals surface area (Å²) in [5.41, 5.74) is 0. The number of ether oxygens (including phenoxy) is 2. The van der Waals surface area contributed by atoms with Gasteiger partial charge < -0.3 is 14.6 Å². The van der Waals surface area contributed by atoms with E-state index in [4.69, 9.17) is 9.47 Å². The lowest BCUT2D eigenvalue weighted by atomic mass is 10.0. The molecular weight excluding hydrogens is 228 g/mol. The molecule has 0 saturated carbocycles. The summed E-state index contributed by atoms with van der Waals surface area (Å²) in [5, 5.41) is 10.1. The van der Waals surface area contributed by atoms with Crippen molar-refractivity contribution >= 4 is 0 Å². The third-order valence-corrected chi connectivity index (χ3v) is 2.69. The van der Waals surface area contributed by atoms with Crippen molar-refractivity contribution < 1.29 is 14.6 Å². The second kappa shape index (κ2) is 6.38. The molecule has 1 heterocycles. The lowest BCUT2D eigenvalue weighted by Crippen LogP contribution is -2.34. The van der Waals surface area contributed by atoms with E-state index in [2.05, 4.69) is 32.3 Å². The molecule has 18 heavy (non-hydrogen) atoms. The van der Waals surface area contributed by atoms with Gasteiger partial charge in [0, 0.05) is 6.42 Å². The Morgan fingerprint density at radius 2 is 2.06 bits per heavy atom. The highest BCUT2D eigenvalue weighted by atomic mass is 16.8. The van der Waals surface area contributed by atoms with Gasteiger partial charge in [0.1, 0.15) is 12.2 Å². The fourth-order valence-electron chi connectivity index (χ4n) is 1.93. The largest absolute Gasteiger partial charge is 0.378 e. The van der Waals surface area contributed by atoms with E-state index in [0.29, 0.717) is 12.3 Å². The van der Waals surface area contributed by atoms with Gasteiger partial charge in [-0.05, 0) is 26.2 Å².